The highest BCUT2D eigenvalue weighted by atomic mass is 16.3. The second-order valence-corrected chi connectivity index (χ2v) is 3.00. The fraction of sp³-hybridized carbons (Fsp3) is 0.222. The lowest BCUT2D eigenvalue weighted by molar-refractivity contribution is 0.282. The van der Waals surface area contributed by atoms with Crippen LogP contribution in [0.1, 0.15) is 5.56 Å². The summed E-state index contributed by atoms with van der Waals surface area (Å²) in [5.41, 5.74) is 2.29. The van der Waals surface area contributed by atoms with E-state index in [1.165, 1.54) is 4.57 Å². The summed E-state index contributed by atoms with van der Waals surface area (Å²) in [7, 11) is 1.70. The van der Waals surface area contributed by atoms with Crippen molar-refractivity contribution in [3.8, 4) is 0 Å². The summed E-state index contributed by atoms with van der Waals surface area (Å²) in [5, 5.41) is 8.90. The summed E-state index contributed by atoms with van der Waals surface area (Å²) >= 11 is 0. The molecule has 0 bridgehead atoms. The van der Waals surface area contributed by atoms with Gasteiger partial charge in [-0.3, -0.25) is 4.57 Å². The number of H-pyrrole nitrogens is 1. The highest BCUT2D eigenvalue weighted by Gasteiger charge is 2.02. The molecule has 4 nitrogen and oxygen atoms in total. The predicted octanol–water partition coefficient (Wildman–Crippen LogP) is 0.359. The Morgan fingerprint density at radius 2 is 2.31 bits per heavy atom. The van der Waals surface area contributed by atoms with E-state index in [2.05, 4.69) is 4.98 Å². The summed E-state index contributed by atoms with van der Waals surface area (Å²) in [4.78, 5) is 13.9. The van der Waals surface area contributed by atoms with Gasteiger partial charge in [0.2, 0.25) is 0 Å². The van der Waals surface area contributed by atoms with Crippen molar-refractivity contribution in [3.05, 3.63) is 34.2 Å². The molecule has 2 N–H and O–H groups in total. The molecule has 68 valence electrons. The Balaban J connectivity index is 2.82. The quantitative estimate of drug-likeness (QED) is 0.662. The molecule has 2 rings (SSSR count). The molecule has 2 aromatic rings. The van der Waals surface area contributed by atoms with Gasteiger partial charge >= 0.3 is 5.69 Å². The van der Waals surface area contributed by atoms with E-state index in [1.807, 2.05) is 0 Å². The van der Waals surface area contributed by atoms with Gasteiger partial charge in [0, 0.05) is 7.05 Å². The summed E-state index contributed by atoms with van der Waals surface area (Å²) in [6, 6.07) is 5.38. The lowest BCUT2D eigenvalue weighted by Crippen LogP contribution is -2.11. The molecule has 13 heavy (non-hydrogen) atoms. The number of aliphatic hydroxyl groups excluding tert-OH is 1. The molecule has 1 heterocycles. The van der Waals surface area contributed by atoms with Crippen LogP contribution in [0.25, 0.3) is 11.0 Å². The van der Waals surface area contributed by atoms with E-state index in [1.54, 1.807) is 25.2 Å². The fourth-order valence-corrected chi connectivity index (χ4v) is 1.37. The van der Waals surface area contributed by atoms with E-state index in [9.17, 15) is 4.79 Å². The van der Waals surface area contributed by atoms with Crippen LogP contribution in [0.4, 0.5) is 0 Å². The Labute approximate surface area is 74.4 Å². The molecule has 0 aliphatic carbocycles. The van der Waals surface area contributed by atoms with Crippen LogP contribution < -0.4 is 5.69 Å². The Morgan fingerprint density at radius 3 is 3.00 bits per heavy atom. The summed E-state index contributed by atoms with van der Waals surface area (Å²) in [6.07, 6.45) is 0. The Bertz CT molecular complexity index is 496. The first-order valence-electron chi connectivity index (χ1n) is 4.01. The maximum atomic E-state index is 11.2. The zero-order chi connectivity index (χ0) is 9.42. The number of aromatic nitrogens is 2. The Hall–Kier alpha value is -1.55. The highest BCUT2D eigenvalue weighted by molar-refractivity contribution is 5.75. The molecule has 0 saturated heterocycles. The van der Waals surface area contributed by atoms with Crippen molar-refractivity contribution in [2.45, 2.75) is 6.61 Å². The molecule has 0 saturated carbocycles. The van der Waals surface area contributed by atoms with Crippen LogP contribution in [-0.4, -0.2) is 14.7 Å². The molecule has 0 aliphatic heterocycles. The lowest BCUT2D eigenvalue weighted by atomic mass is 10.2. The maximum absolute atomic E-state index is 11.2. The number of aryl methyl sites for hydroxylation is 1. The number of nitrogens with one attached hydrogen (secondary N) is 1. The monoisotopic (exact) mass is 178 g/mol. The van der Waals surface area contributed by atoms with Crippen molar-refractivity contribution in [1.82, 2.24) is 9.55 Å². The molecule has 0 unspecified atom stereocenters. The maximum Gasteiger partial charge on any atom is 0.326 e. The summed E-state index contributed by atoms with van der Waals surface area (Å²) in [5.74, 6) is 0. The number of fused-ring (bicyclic) bond motifs is 1. The number of aromatic amines is 1. The zero-order valence-electron chi connectivity index (χ0n) is 7.24. The first-order chi connectivity index (χ1) is 6.22. The van der Waals surface area contributed by atoms with Crippen LogP contribution in [0.15, 0.2) is 23.0 Å². The van der Waals surface area contributed by atoms with Crippen molar-refractivity contribution in [2.75, 3.05) is 0 Å². The van der Waals surface area contributed by atoms with Crippen molar-refractivity contribution in [3.63, 3.8) is 0 Å². The normalized spacial score (nSPS) is 10.9. The Kier molecular flexibility index (Phi) is 1.70. The number of nitrogens with zero attached hydrogens (tertiary/aromatic N) is 1. The van der Waals surface area contributed by atoms with E-state index in [0.717, 1.165) is 16.6 Å². The molecule has 4 heteroatoms. The third kappa shape index (κ3) is 1.15. The van der Waals surface area contributed by atoms with Gasteiger partial charge in [-0.25, -0.2) is 4.79 Å². The van der Waals surface area contributed by atoms with E-state index < -0.39 is 0 Å². The van der Waals surface area contributed by atoms with Crippen LogP contribution in [-0.2, 0) is 13.7 Å². The van der Waals surface area contributed by atoms with Gasteiger partial charge in [-0.1, -0.05) is 6.07 Å². The van der Waals surface area contributed by atoms with Crippen molar-refractivity contribution in [2.24, 2.45) is 7.05 Å². The van der Waals surface area contributed by atoms with Gasteiger partial charge in [0.1, 0.15) is 0 Å². The second kappa shape index (κ2) is 2.74. The zero-order valence-corrected chi connectivity index (χ0v) is 7.24. The van der Waals surface area contributed by atoms with E-state index >= 15 is 0 Å². The Morgan fingerprint density at radius 1 is 1.54 bits per heavy atom. The van der Waals surface area contributed by atoms with Gasteiger partial charge in [0.15, 0.2) is 0 Å². The minimum absolute atomic E-state index is 0.00465. The minimum Gasteiger partial charge on any atom is -0.392 e. The number of hydrogen-bond acceptors (Lipinski definition) is 2. The summed E-state index contributed by atoms with van der Waals surface area (Å²) < 4.78 is 1.52. The van der Waals surface area contributed by atoms with Crippen molar-refractivity contribution < 1.29 is 5.11 Å². The van der Waals surface area contributed by atoms with Gasteiger partial charge in [0.25, 0.3) is 0 Å². The summed E-state index contributed by atoms with van der Waals surface area (Å²) in [6.45, 7) is -0.00465. The van der Waals surface area contributed by atoms with Gasteiger partial charge in [0.05, 0.1) is 17.6 Å². The number of hydrogen-bond donors (Lipinski definition) is 2. The highest BCUT2D eigenvalue weighted by Crippen LogP contribution is 2.11. The lowest BCUT2D eigenvalue weighted by Gasteiger charge is -1.96. The van der Waals surface area contributed by atoms with Crippen molar-refractivity contribution in [1.29, 1.82) is 0 Å². The fourth-order valence-electron chi connectivity index (χ4n) is 1.37. The van der Waals surface area contributed by atoms with Gasteiger partial charge < -0.3 is 10.1 Å². The van der Waals surface area contributed by atoms with Gasteiger partial charge in [-0.05, 0) is 17.7 Å². The van der Waals surface area contributed by atoms with E-state index in [4.69, 9.17) is 5.11 Å². The van der Waals surface area contributed by atoms with Crippen LogP contribution in [0.2, 0.25) is 0 Å². The third-order valence-corrected chi connectivity index (χ3v) is 2.15. The SMILES string of the molecule is Cn1c(=O)[nH]c2ccc(CO)cc21. The van der Waals surface area contributed by atoms with Crippen LogP contribution in [0, 0.1) is 0 Å². The standard InChI is InChI=1S/C9H10N2O2/c1-11-8-4-6(5-12)2-3-7(8)10-9(11)13/h2-4,12H,5H2,1H3,(H,10,13). The predicted molar refractivity (Wildman–Crippen MR) is 49.5 cm³/mol. The van der Waals surface area contributed by atoms with E-state index in [-0.39, 0.29) is 12.3 Å². The van der Waals surface area contributed by atoms with Crippen LogP contribution >= 0.6 is 0 Å². The van der Waals surface area contributed by atoms with Crippen LogP contribution in [0.3, 0.4) is 0 Å². The molecule has 0 fully saturated rings. The molecule has 0 aliphatic rings. The average Bonchev–Trinajstić information content (AvgIpc) is 2.43. The largest absolute Gasteiger partial charge is 0.392 e. The third-order valence-electron chi connectivity index (χ3n) is 2.15. The smallest absolute Gasteiger partial charge is 0.326 e. The molecule has 0 amide bonds. The molecular formula is C9H10N2O2. The first kappa shape index (κ1) is 8.07. The number of rotatable bonds is 1. The number of imidazole rings is 1. The molecule has 1 aromatic carbocycles. The average molecular weight is 178 g/mol. The molecule has 0 atom stereocenters. The van der Waals surface area contributed by atoms with E-state index in [0.29, 0.717) is 0 Å². The van der Waals surface area contributed by atoms with Gasteiger partial charge in [-0.2, -0.15) is 0 Å². The molecule has 0 spiro atoms. The minimum atomic E-state index is -0.134. The van der Waals surface area contributed by atoms with Gasteiger partial charge in [-0.15, -0.1) is 0 Å². The molecule has 0 radical (unpaired) electrons. The molecule has 1 aromatic heterocycles. The first-order valence-corrected chi connectivity index (χ1v) is 4.01. The van der Waals surface area contributed by atoms with Crippen molar-refractivity contribution >= 4 is 11.0 Å². The number of aliphatic hydroxyl groups is 1. The molecular weight excluding hydrogens is 168 g/mol. The van der Waals surface area contributed by atoms with Crippen LogP contribution in [0.5, 0.6) is 0 Å². The second-order valence-electron chi connectivity index (χ2n) is 3.00. The number of benzene rings is 1. The topological polar surface area (TPSA) is 58.0 Å².